The number of furan rings is 1. The van der Waals surface area contributed by atoms with Crippen LogP contribution in [-0.4, -0.2) is 42.0 Å². The third kappa shape index (κ3) is 3.29. The molecule has 7 nitrogen and oxygen atoms in total. The lowest BCUT2D eigenvalue weighted by Gasteiger charge is -2.34. The summed E-state index contributed by atoms with van der Waals surface area (Å²) in [5, 5.41) is 9.38. The summed E-state index contributed by atoms with van der Waals surface area (Å²) in [6.45, 7) is 4.21. The summed E-state index contributed by atoms with van der Waals surface area (Å²) in [4.78, 5) is 20.7. The predicted molar refractivity (Wildman–Crippen MR) is 98.2 cm³/mol. The van der Waals surface area contributed by atoms with Crippen LogP contribution >= 0.6 is 0 Å². The maximum absolute atomic E-state index is 12.7. The molecule has 2 aromatic heterocycles. The topological polar surface area (TPSA) is 86.5 Å². The summed E-state index contributed by atoms with van der Waals surface area (Å²) in [6.07, 6.45) is 1.53. The molecule has 4 rings (SSSR count). The van der Waals surface area contributed by atoms with Crippen LogP contribution in [0.25, 0.3) is 11.7 Å². The molecule has 1 aliphatic heterocycles. The van der Waals surface area contributed by atoms with E-state index in [4.69, 9.17) is 8.83 Å². The zero-order chi connectivity index (χ0) is 18.8. The Hall–Kier alpha value is -3.53. The second-order valence-corrected chi connectivity index (χ2v) is 6.41. The van der Waals surface area contributed by atoms with E-state index in [2.05, 4.69) is 11.1 Å². The first-order chi connectivity index (χ1) is 13.2. The molecule has 3 aromatic rings. The summed E-state index contributed by atoms with van der Waals surface area (Å²) >= 11 is 0. The molecule has 1 amide bonds. The van der Waals surface area contributed by atoms with Crippen LogP contribution in [0.5, 0.6) is 0 Å². The van der Waals surface area contributed by atoms with E-state index in [1.807, 2.05) is 41.0 Å². The van der Waals surface area contributed by atoms with Gasteiger partial charge in [0.15, 0.2) is 5.76 Å². The zero-order valence-corrected chi connectivity index (χ0v) is 14.9. The third-order valence-corrected chi connectivity index (χ3v) is 4.57. The second-order valence-electron chi connectivity index (χ2n) is 6.41. The van der Waals surface area contributed by atoms with Crippen LogP contribution in [0, 0.1) is 18.3 Å². The third-order valence-electron chi connectivity index (χ3n) is 4.57. The molecule has 1 saturated heterocycles. The van der Waals surface area contributed by atoms with Gasteiger partial charge < -0.3 is 18.6 Å². The van der Waals surface area contributed by atoms with Crippen molar-refractivity contribution in [3.05, 3.63) is 59.5 Å². The summed E-state index contributed by atoms with van der Waals surface area (Å²) in [7, 11) is 0. The van der Waals surface area contributed by atoms with Gasteiger partial charge in [0.25, 0.3) is 11.8 Å². The van der Waals surface area contributed by atoms with Gasteiger partial charge in [0.1, 0.15) is 6.07 Å². The number of carbonyl (C=O) groups is 1. The summed E-state index contributed by atoms with van der Waals surface area (Å²) in [5.41, 5.74) is 1.98. The molecule has 0 radical (unpaired) electrons. The standard InChI is InChI=1S/C20H18N4O3/c1-14-4-2-5-15(12-14)19(25)23-7-9-24(10-8-23)20-16(13-21)22-18(27-20)17-6-3-11-26-17/h2-6,11-12H,7-10H2,1H3. The van der Waals surface area contributed by atoms with E-state index < -0.39 is 0 Å². The molecule has 27 heavy (non-hydrogen) atoms. The Morgan fingerprint density at radius 1 is 1.19 bits per heavy atom. The van der Waals surface area contributed by atoms with E-state index in [-0.39, 0.29) is 17.5 Å². The number of hydrogen-bond donors (Lipinski definition) is 0. The van der Waals surface area contributed by atoms with Crippen molar-refractivity contribution in [2.75, 3.05) is 31.1 Å². The molecule has 1 aromatic carbocycles. The number of rotatable bonds is 3. The number of carbonyl (C=O) groups excluding carboxylic acids is 1. The molecule has 136 valence electrons. The fourth-order valence-electron chi connectivity index (χ4n) is 3.18. The van der Waals surface area contributed by atoms with Gasteiger partial charge in [-0.2, -0.15) is 10.2 Å². The Bertz CT molecular complexity index is 993. The lowest BCUT2D eigenvalue weighted by molar-refractivity contribution is 0.0745. The van der Waals surface area contributed by atoms with Gasteiger partial charge in [0.2, 0.25) is 11.6 Å². The van der Waals surface area contributed by atoms with Crippen molar-refractivity contribution in [2.24, 2.45) is 0 Å². The highest BCUT2D eigenvalue weighted by atomic mass is 16.4. The van der Waals surface area contributed by atoms with Gasteiger partial charge in [-0.15, -0.1) is 0 Å². The number of anilines is 1. The van der Waals surface area contributed by atoms with E-state index in [0.717, 1.165) is 5.56 Å². The summed E-state index contributed by atoms with van der Waals surface area (Å²) in [5.74, 6) is 1.20. The maximum atomic E-state index is 12.7. The predicted octanol–water partition coefficient (Wildman–Crippen LogP) is 3.08. The Morgan fingerprint density at radius 3 is 2.67 bits per heavy atom. The van der Waals surface area contributed by atoms with Crippen molar-refractivity contribution in [3.63, 3.8) is 0 Å². The molecule has 0 atom stereocenters. The van der Waals surface area contributed by atoms with Gasteiger partial charge in [-0.25, -0.2) is 0 Å². The van der Waals surface area contributed by atoms with Crippen LogP contribution in [0.4, 0.5) is 5.88 Å². The second kappa shape index (κ2) is 7.00. The van der Waals surface area contributed by atoms with E-state index in [9.17, 15) is 10.1 Å². The van der Waals surface area contributed by atoms with E-state index in [0.29, 0.717) is 43.4 Å². The number of hydrogen-bond acceptors (Lipinski definition) is 6. The molecule has 0 aliphatic carbocycles. The number of aromatic nitrogens is 1. The minimum atomic E-state index is 0.0210. The monoisotopic (exact) mass is 362 g/mol. The van der Waals surface area contributed by atoms with Gasteiger partial charge in [0.05, 0.1) is 6.26 Å². The molecule has 0 bridgehead atoms. The average molecular weight is 362 g/mol. The molecular formula is C20H18N4O3. The highest BCUT2D eigenvalue weighted by molar-refractivity contribution is 5.94. The van der Waals surface area contributed by atoms with Crippen molar-refractivity contribution >= 4 is 11.8 Å². The van der Waals surface area contributed by atoms with E-state index in [1.165, 1.54) is 6.26 Å². The molecule has 7 heteroatoms. The summed E-state index contributed by atoms with van der Waals surface area (Å²) < 4.78 is 11.1. The van der Waals surface area contributed by atoms with E-state index >= 15 is 0 Å². The van der Waals surface area contributed by atoms with Crippen molar-refractivity contribution < 1.29 is 13.6 Å². The van der Waals surface area contributed by atoms with Crippen LogP contribution in [-0.2, 0) is 0 Å². The minimum Gasteiger partial charge on any atom is -0.459 e. The number of nitriles is 1. The molecule has 0 unspecified atom stereocenters. The molecule has 1 aliphatic rings. The average Bonchev–Trinajstić information content (AvgIpc) is 3.37. The largest absolute Gasteiger partial charge is 0.459 e. The highest BCUT2D eigenvalue weighted by Gasteiger charge is 2.27. The van der Waals surface area contributed by atoms with Gasteiger partial charge in [-0.1, -0.05) is 17.7 Å². The van der Waals surface area contributed by atoms with Crippen LogP contribution < -0.4 is 4.90 Å². The molecule has 3 heterocycles. The number of benzene rings is 1. The van der Waals surface area contributed by atoms with Crippen LogP contribution in [0.2, 0.25) is 0 Å². The van der Waals surface area contributed by atoms with Crippen LogP contribution in [0.3, 0.4) is 0 Å². The maximum Gasteiger partial charge on any atom is 0.266 e. The fraction of sp³-hybridized carbons (Fsp3) is 0.250. The van der Waals surface area contributed by atoms with Crippen molar-refractivity contribution in [2.45, 2.75) is 6.92 Å². The first-order valence-corrected chi connectivity index (χ1v) is 8.71. The van der Waals surface area contributed by atoms with Crippen molar-refractivity contribution in [3.8, 4) is 17.7 Å². The quantitative estimate of drug-likeness (QED) is 0.712. The normalized spacial score (nSPS) is 14.2. The Morgan fingerprint density at radius 2 is 2.00 bits per heavy atom. The Kier molecular flexibility index (Phi) is 4.38. The molecule has 1 fully saturated rings. The first kappa shape index (κ1) is 16.9. The first-order valence-electron chi connectivity index (χ1n) is 8.71. The summed E-state index contributed by atoms with van der Waals surface area (Å²) in [6, 6.07) is 13.1. The minimum absolute atomic E-state index is 0.0210. The molecule has 0 N–H and O–H groups in total. The molecule has 0 saturated carbocycles. The van der Waals surface area contributed by atoms with Gasteiger partial charge in [-0.05, 0) is 31.2 Å². The molecule has 0 spiro atoms. The smallest absolute Gasteiger partial charge is 0.266 e. The van der Waals surface area contributed by atoms with Crippen LogP contribution in [0.1, 0.15) is 21.6 Å². The fourth-order valence-corrected chi connectivity index (χ4v) is 3.18. The number of nitrogens with zero attached hydrogens (tertiary/aromatic N) is 4. The number of aryl methyl sites for hydroxylation is 1. The van der Waals surface area contributed by atoms with Crippen molar-refractivity contribution in [1.82, 2.24) is 9.88 Å². The lowest BCUT2D eigenvalue weighted by Crippen LogP contribution is -2.48. The van der Waals surface area contributed by atoms with Crippen molar-refractivity contribution in [1.29, 1.82) is 5.26 Å². The van der Waals surface area contributed by atoms with Gasteiger partial charge in [0, 0.05) is 31.7 Å². The number of piperazine rings is 1. The zero-order valence-electron chi connectivity index (χ0n) is 14.9. The molecular weight excluding hydrogens is 344 g/mol. The van der Waals surface area contributed by atoms with Crippen LogP contribution in [0.15, 0.2) is 51.5 Å². The Labute approximate surface area is 156 Å². The number of oxazole rings is 1. The van der Waals surface area contributed by atoms with Gasteiger partial charge >= 0.3 is 0 Å². The SMILES string of the molecule is Cc1cccc(C(=O)N2CCN(c3oc(-c4ccco4)nc3C#N)CC2)c1. The number of amides is 1. The highest BCUT2D eigenvalue weighted by Crippen LogP contribution is 2.29. The lowest BCUT2D eigenvalue weighted by atomic mass is 10.1. The van der Waals surface area contributed by atoms with E-state index in [1.54, 1.807) is 12.1 Å². The van der Waals surface area contributed by atoms with Gasteiger partial charge in [-0.3, -0.25) is 4.79 Å². The Balaban J connectivity index is 1.48.